The number of rotatable bonds is 4. The minimum absolute atomic E-state index is 0.129. The summed E-state index contributed by atoms with van der Waals surface area (Å²) in [7, 11) is 0. The third-order valence-electron chi connectivity index (χ3n) is 3.13. The Kier molecular flexibility index (Phi) is 4.69. The number of aromatic nitrogens is 1. The molecule has 0 saturated heterocycles. The maximum atomic E-state index is 12.3. The molecule has 0 aliphatic carbocycles. The van der Waals surface area contributed by atoms with E-state index in [2.05, 4.69) is 34.5 Å². The number of carbonyl (C=O) groups is 1. The maximum absolute atomic E-state index is 12.3. The maximum Gasteiger partial charge on any atom is 0.169 e. The molecule has 0 aliphatic heterocycles. The molecular formula is C16H16INO. The van der Waals surface area contributed by atoms with Gasteiger partial charge in [0.1, 0.15) is 0 Å². The summed E-state index contributed by atoms with van der Waals surface area (Å²) in [6.45, 7) is 4.11. The minimum Gasteiger partial charge on any atom is -0.294 e. The van der Waals surface area contributed by atoms with Crippen LogP contribution in [0.15, 0.2) is 36.5 Å². The number of aryl methyl sites for hydroxylation is 2. The van der Waals surface area contributed by atoms with E-state index in [1.54, 1.807) is 0 Å². The fourth-order valence-corrected chi connectivity index (χ4v) is 2.55. The second-order valence-electron chi connectivity index (χ2n) is 4.55. The summed E-state index contributed by atoms with van der Waals surface area (Å²) in [6.07, 6.45) is 3.18. The summed E-state index contributed by atoms with van der Waals surface area (Å²) in [5.41, 5.74) is 3.96. The van der Waals surface area contributed by atoms with Crippen molar-refractivity contribution in [3.8, 4) is 0 Å². The third kappa shape index (κ3) is 3.41. The van der Waals surface area contributed by atoms with Crippen molar-refractivity contribution in [2.75, 3.05) is 0 Å². The number of halogens is 1. The van der Waals surface area contributed by atoms with Crippen molar-refractivity contribution in [1.82, 2.24) is 4.98 Å². The Morgan fingerprint density at radius 1 is 1.26 bits per heavy atom. The van der Waals surface area contributed by atoms with Gasteiger partial charge in [0.2, 0.25) is 0 Å². The number of Topliss-reactive ketones (excluding diaryl/α,β-unsaturated/α-hetero) is 1. The van der Waals surface area contributed by atoms with Crippen LogP contribution < -0.4 is 0 Å². The topological polar surface area (TPSA) is 30.0 Å². The average molecular weight is 365 g/mol. The van der Waals surface area contributed by atoms with Gasteiger partial charge in [0, 0.05) is 21.0 Å². The van der Waals surface area contributed by atoms with Gasteiger partial charge in [0.25, 0.3) is 0 Å². The molecule has 0 N–H and O–H groups in total. The predicted molar refractivity (Wildman–Crippen MR) is 85.5 cm³/mol. The lowest BCUT2D eigenvalue weighted by molar-refractivity contribution is 0.0991. The third-order valence-corrected chi connectivity index (χ3v) is 4.56. The standard InChI is InChI=1S/C16H16INO/c1-3-12-7-8-13(18-10-12)9-15(19)14-6-4-5-11(2)16(14)17/h4-8,10H,3,9H2,1-2H3. The second-order valence-corrected chi connectivity index (χ2v) is 5.63. The summed E-state index contributed by atoms with van der Waals surface area (Å²) in [4.78, 5) is 16.6. The molecule has 0 atom stereocenters. The molecule has 2 aromatic rings. The summed E-state index contributed by atoms with van der Waals surface area (Å²) in [6, 6.07) is 9.82. The number of hydrogen-bond acceptors (Lipinski definition) is 2. The van der Waals surface area contributed by atoms with Crippen molar-refractivity contribution in [1.29, 1.82) is 0 Å². The van der Waals surface area contributed by atoms with E-state index >= 15 is 0 Å². The molecule has 2 nitrogen and oxygen atoms in total. The van der Waals surface area contributed by atoms with Crippen LogP contribution in [0.3, 0.4) is 0 Å². The Labute approximate surface area is 127 Å². The highest BCUT2D eigenvalue weighted by Gasteiger charge is 2.12. The molecule has 1 aromatic carbocycles. The molecule has 98 valence electrons. The van der Waals surface area contributed by atoms with Crippen LogP contribution in [0.25, 0.3) is 0 Å². The van der Waals surface area contributed by atoms with Crippen LogP contribution in [0.2, 0.25) is 0 Å². The van der Waals surface area contributed by atoms with Crippen LogP contribution in [-0.2, 0) is 12.8 Å². The second kappa shape index (κ2) is 6.28. The zero-order chi connectivity index (χ0) is 13.8. The van der Waals surface area contributed by atoms with Gasteiger partial charge in [-0.05, 0) is 53.1 Å². The van der Waals surface area contributed by atoms with Crippen molar-refractivity contribution in [2.45, 2.75) is 26.7 Å². The van der Waals surface area contributed by atoms with Gasteiger partial charge in [-0.15, -0.1) is 0 Å². The van der Waals surface area contributed by atoms with E-state index in [4.69, 9.17) is 0 Å². The smallest absolute Gasteiger partial charge is 0.169 e. The SMILES string of the molecule is CCc1ccc(CC(=O)c2cccc(C)c2I)nc1. The first-order valence-electron chi connectivity index (χ1n) is 6.34. The number of ketones is 1. The molecule has 0 saturated carbocycles. The summed E-state index contributed by atoms with van der Waals surface area (Å²) >= 11 is 2.23. The first-order valence-corrected chi connectivity index (χ1v) is 7.41. The molecule has 0 fully saturated rings. The molecule has 0 unspecified atom stereocenters. The van der Waals surface area contributed by atoms with Gasteiger partial charge in [0.15, 0.2) is 5.78 Å². The van der Waals surface area contributed by atoms with Crippen LogP contribution >= 0.6 is 22.6 Å². The van der Waals surface area contributed by atoms with E-state index in [0.29, 0.717) is 6.42 Å². The highest BCUT2D eigenvalue weighted by atomic mass is 127. The lowest BCUT2D eigenvalue weighted by Crippen LogP contribution is -2.07. The number of pyridine rings is 1. The average Bonchev–Trinajstić information content (AvgIpc) is 2.42. The largest absolute Gasteiger partial charge is 0.294 e. The predicted octanol–water partition coefficient (Wildman–Crippen LogP) is 3.98. The molecule has 3 heteroatoms. The van der Waals surface area contributed by atoms with Gasteiger partial charge in [-0.3, -0.25) is 9.78 Å². The number of benzene rings is 1. The van der Waals surface area contributed by atoms with Gasteiger partial charge in [-0.1, -0.05) is 31.2 Å². The molecule has 0 aliphatic rings. The van der Waals surface area contributed by atoms with Crippen molar-refractivity contribution in [2.24, 2.45) is 0 Å². The minimum atomic E-state index is 0.129. The van der Waals surface area contributed by atoms with Gasteiger partial charge in [-0.25, -0.2) is 0 Å². The Hall–Kier alpha value is -1.23. The van der Waals surface area contributed by atoms with Crippen molar-refractivity contribution in [3.63, 3.8) is 0 Å². The molecule has 19 heavy (non-hydrogen) atoms. The zero-order valence-corrected chi connectivity index (χ0v) is 13.3. The van der Waals surface area contributed by atoms with Crippen molar-refractivity contribution in [3.05, 3.63) is 62.5 Å². The molecule has 0 spiro atoms. The number of hydrogen-bond donors (Lipinski definition) is 0. The molecular weight excluding hydrogens is 349 g/mol. The molecule has 0 bridgehead atoms. The normalized spacial score (nSPS) is 10.5. The van der Waals surface area contributed by atoms with Crippen LogP contribution in [0.4, 0.5) is 0 Å². The monoisotopic (exact) mass is 365 g/mol. The van der Waals surface area contributed by atoms with Crippen LogP contribution in [0, 0.1) is 10.5 Å². The van der Waals surface area contributed by atoms with E-state index in [9.17, 15) is 4.79 Å². The van der Waals surface area contributed by atoms with Gasteiger partial charge in [-0.2, -0.15) is 0 Å². The zero-order valence-electron chi connectivity index (χ0n) is 11.1. The fraction of sp³-hybridized carbons (Fsp3) is 0.250. The van der Waals surface area contributed by atoms with Gasteiger partial charge < -0.3 is 0 Å². The van der Waals surface area contributed by atoms with Crippen molar-refractivity contribution >= 4 is 28.4 Å². The van der Waals surface area contributed by atoms with Crippen LogP contribution in [0.1, 0.15) is 34.1 Å². The van der Waals surface area contributed by atoms with Crippen molar-refractivity contribution < 1.29 is 4.79 Å². The van der Waals surface area contributed by atoms with E-state index in [0.717, 1.165) is 26.8 Å². The molecule has 1 heterocycles. The van der Waals surface area contributed by atoms with E-state index in [1.165, 1.54) is 5.56 Å². The first-order chi connectivity index (χ1) is 9.11. The molecule has 1 aromatic heterocycles. The van der Waals surface area contributed by atoms with E-state index in [-0.39, 0.29) is 5.78 Å². The quantitative estimate of drug-likeness (QED) is 0.606. The van der Waals surface area contributed by atoms with Gasteiger partial charge >= 0.3 is 0 Å². The summed E-state index contributed by atoms with van der Waals surface area (Å²) in [5, 5.41) is 0. The lowest BCUT2D eigenvalue weighted by Gasteiger charge is -2.06. The molecule has 0 radical (unpaired) electrons. The number of nitrogens with zero attached hydrogens (tertiary/aromatic N) is 1. The highest BCUT2D eigenvalue weighted by molar-refractivity contribution is 14.1. The lowest BCUT2D eigenvalue weighted by atomic mass is 10.0. The van der Waals surface area contributed by atoms with E-state index in [1.807, 2.05) is 43.5 Å². The Balaban J connectivity index is 2.18. The Morgan fingerprint density at radius 2 is 2.05 bits per heavy atom. The van der Waals surface area contributed by atoms with Crippen LogP contribution in [-0.4, -0.2) is 10.8 Å². The van der Waals surface area contributed by atoms with Gasteiger partial charge in [0.05, 0.1) is 6.42 Å². The Morgan fingerprint density at radius 3 is 2.68 bits per heavy atom. The fourth-order valence-electron chi connectivity index (χ4n) is 1.89. The number of carbonyl (C=O) groups excluding carboxylic acids is 1. The Bertz CT molecular complexity index is 590. The summed E-state index contributed by atoms with van der Waals surface area (Å²) < 4.78 is 1.04. The first kappa shape index (κ1) is 14.2. The van der Waals surface area contributed by atoms with Crippen LogP contribution in [0.5, 0.6) is 0 Å². The summed E-state index contributed by atoms with van der Waals surface area (Å²) in [5.74, 6) is 0.129. The highest BCUT2D eigenvalue weighted by Crippen LogP contribution is 2.18. The van der Waals surface area contributed by atoms with E-state index < -0.39 is 0 Å². The molecule has 2 rings (SSSR count). The molecule has 0 amide bonds.